The molecule has 2 aromatic carbocycles. The lowest BCUT2D eigenvalue weighted by atomic mass is 10.1. The zero-order chi connectivity index (χ0) is 16.7. The summed E-state index contributed by atoms with van der Waals surface area (Å²) in [4.78, 5) is 17.1. The van der Waals surface area contributed by atoms with E-state index >= 15 is 0 Å². The van der Waals surface area contributed by atoms with Crippen molar-refractivity contribution >= 4 is 29.6 Å². The number of hydrogen-bond donors (Lipinski definition) is 1. The number of alkyl halides is 2. The Labute approximate surface area is 136 Å². The summed E-state index contributed by atoms with van der Waals surface area (Å²) in [5.41, 5.74) is 1.54. The predicted octanol–water partition coefficient (Wildman–Crippen LogP) is 4.23. The van der Waals surface area contributed by atoms with Crippen LogP contribution in [0.3, 0.4) is 0 Å². The number of benzene rings is 2. The van der Waals surface area contributed by atoms with Gasteiger partial charge in [0.1, 0.15) is 7.11 Å². The largest absolute Gasteiger partial charge is 0.399 e. The fourth-order valence-electron chi connectivity index (χ4n) is 1.80. The number of nitrogens with zero attached hydrogens (tertiary/aromatic N) is 1. The van der Waals surface area contributed by atoms with Gasteiger partial charge in [-0.2, -0.15) is 8.78 Å². The van der Waals surface area contributed by atoms with Crippen LogP contribution >= 0.6 is 11.8 Å². The molecular formula is C16H14F2N2O2S. The van der Waals surface area contributed by atoms with Crippen molar-refractivity contribution in [2.24, 2.45) is 5.16 Å². The molecule has 0 aliphatic rings. The summed E-state index contributed by atoms with van der Waals surface area (Å²) in [6.45, 7) is 0. The molecule has 0 heterocycles. The van der Waals surface area contributed by atoms with Gasteiger partial charge in [-0.25, -0.2) is 0 Å². The van der Waals surface area contributed by atoms with Crippen molar-refractivity contribution in [2.75, 3.05) is 12.4 Å². The minimum absolute atomic E-state index is 0.319. The van der Waals surface area contributed by atoms with Crippen molar-refractivity contribution in [2.45, 2.75) is 10.7 Å². The molecular weight excluding hydrogens is 322 g/mol. The van der Waals surface area contributed by atoms with E-state index in [1.807, 2.05) is 0 Å². The Kier molecular flexibility index (Phi) is 6.10. The maximum Gasteiger partial charge on any atom is 0.288 e. The highest BCUT2D eigenvalue weighted by Crippen LogP contribution is 2.31. The molecule has 0 bridgehead atoms. The molecule has 0 saturated heterocycles. The van der Waals surface area contributed by atoms with Crippen LogP contribution in [0.1, 0.15) is 15.9 Å². The van der Waals surface area contributed by atoms with Crippen LogP contribution in [0.25, 0.3) is 0 Å². The smallest absolute Gasteiger partial charge is 0.288 e. The molecule has 7 heteroatoms. The minimum atomic E-state index is -2.55. The van der Waals surface area contributed by atoms with Gasteiger partial charge >= 0.3 is 0 Å². The van der Waals surface area contributed by atoms with Crippen molar-refractivity contribution in [1.29, 1.82) is 0 Å². The molecule has 0 fully saturated rings. The molecule has 0 radical (unpaired) electrons. The number of anilines is 1. The number of amides is 1. The number of halogens is 2. The lowest BCUT2D eigenvalue weighted by Gasteiger charge is -2.10. The minimum Gasteiger partial charge on any atom is -0.399 e. The molecule has 23 heavy (non-hydrogen) atoms. The zero-order valence-corrected chi connectivity index (χ0v) is 13.0. The van der Waals surface area contributed by atoms with Crippen LogP contribution in [0.15, 0.2) is 58.6 Å². The number of hydrogen-bond acceptors (Lipinski definition) is 4. The summed E-state index contributed by atoms with van der Waals surface area (Å²) in [5.74, 6) is -2.92. The first kappa shape index (κ1) is 17.0. The van der Waals surface area contributed by atoms with E-state index in [9.17, 15) is 13.6 Å². The Hall–Kier alpha value is -2.41. The summed E-state index contributed by atoms with van der Waals surface area (Å²) >= 11 is 0.394. The van der Waals surface area contributed by atoms with Gasteiger partial charge in [0, 0.05) is 10.5 Å². The molecule has 0 aromatic heterocycles. The van der Waals surface area contributed by atoms with E-state index in [0.717, 1.165) is 5.56 Å². The Morgan fingerprint density at radius 1 is 1.22 bits per heavy atom. The molecule has 4 nitrogen and oxygen atoms in total. The van der Waals surface area contributed by atoms with Crippen LogP contribution in [0.4, 0.5) is 14.5 Å². The fraction of sp³-hybridized carbons (Fsp3) is 0.125. The predicted molar refractivity (Wildman–Crippen MR) is 87.3 cm³/mol. The quantitative estimate of drug-likeness (QED) is 0.488. The Bertz CT molecular complexity index is 691. The van der Waals surface area contributed by atoms with Crippen LogP contribution in [-0.2, 0) is 4.84 Å². The second-order valence-electron chi connectivity index (χ2n) is 4.37. The number of para-hydroxylation sites is 1. The van der Waals surface area contributed by atoms with Gasteiger partial charge in [0.2, 0.25) is 0 Å². The van der Waals surface area contributed by atoms with E-state index in [0.29, 0.717) is 27.9 Å². The molecule has 0 spiro atoms. The van der Waals surface area contributed by atoms with Crippen LogP contribution in [-0.4, -0.2) is 25.0 Å². The highest BCUT2D eigenvalue weighted by atomic mass is 32.2. The molecule has 1 N–H and O–H groups in total. The van der Waals surface area contributed by atoms with Gasteiger partial charge < -0.3 is 10.2 Å². The first-order chi connectivity index (χ1) is 11.1. The van der Waals surface area contributed by atoms with Gasteiger partial charge in [0.25, 0.3) is 11.7 Å². The molecule has 0 unspecified atom stereocenters. The molecule has 0 saturated carbocycles. The second kappa shape index (κ2) is 8.28. The van der Waals surface area contributed by atoms with Crippen molar-refractivity contribution < 1.29 is 18.4 Å². The summed E-state index contributed by atoms with van der Waals surface area (Å²) in [6.07, 6.45) is 1.51. The normalized spacial score (nSPS) is 11.0. The van der Waals surface area contributed by atoms with Gasteiger partial charge in [-0.05, 0) is 29.8 Å². The molecule has 0 aliphatic heterocycles. The van der Waals surface area contributed by atoms with E-state index in [-0.39, 0.29) is 5.91 Å². The molecule has 2 rings (SSSR count). The van der Waals surface area contributed by atoms with Crippen LogP contribution in [0.2, 0.25) is 0 Å². The molecule has 0 atom stereocenters. The van der Waals surface area contributed by atoms with Gasteiger partial charge in [-0.1, -0.05) is 41.2 Å². The van der Waals surface area contributed by atoms with Crippen LogP contribution in [0.5, 0.6) is 0 Å². The van der Waals surface area contributed by atoms with E-state index in [2.05, 4.69) is 15.3 Å². The summed E-state index contributed by atoms with van der Waals surface area (Å²) in [7, 11) is 1.44. The summed E-state index contributed by atoms with van der Waals surface area (Å²) in [5, 5.41) is 6.27. The number of carbonyl (C=O) groups is 1. The molecule has 2 aromatic rings. The van der Waals surface area contributed by atoms with Crippen LogP contribution < -0.4 is 5.32 Å². The third kappa shape index (κ3) is 5.07. The third-order valence-corrected chi connectivity index (χ3v) is 3.62. The molecule has 0 aliphatic carbocycles. The van der Waals surface area contributed by atoms with E-state index < -0.39 is 5.76 Å². The maximum atomic E-state index is 12.5. The third-order valence-electron chi connectivity index (χ3n) is 2.83. The zero-order valence-electron chi connectivity index (χ0n) is 12.2. The number of thioether (sulfide) groups is 1. The van der Waals surface area contributed by atoms with Gasteiger partial charge in [-0.15, -0.1) is 0 Å². The number of carbonyl (C=O) groups excluding carboxylic acids is 1. The van der Waals surface area contributed by atoms with Crippen molar-refractivity contribution in [1.82, 2.24) is 0 Å². The highest BCUT2D eigenvalue weighted by molar-refractivity contribution is 7.99. The lowest BCUT2D eigenvalue weighted by Crippen LogP contribution is -2.12. The fourth-order valence-corrected chi connectivity index (χ4v) is 2.39. The molecule has 1 amide bonds. The van der Waals surface area contributed by atoms with Crippen molar-refractivity contribution in [3.8, 4) is 0 Å². The van der Waals surface area contributed by atoms with E-state index in [1.165, 1.54) is 19.4 Å². The topological polar surface area (TPSA) is 50.7 Å². The summed E-state index contributed by atoms with van der Waals surface area (Å²) in [6, 6.07) is 13.1. The van der Waals surface area contributed by atoms with E-state index in [1.54, 1.807) is 42.5 Å². The maximum absolute atomic E-state index is 12.5. The van der Waals surface area contributed by atoms with Crippen molar-refractivity contribution in [3.63, 3.8) is 0 Å². The lowest BCUT2D eigenvalue weighted by molar-refractivity contribution is 0.102. The second-order valence-corrected chi connectivity index (χ2v) is 5.40. The Morgan fingerprint density at radius 2 is 1.91 bits per heavy atom. The Balaban J connectivity index is 2.11. The van der Waals surface area contributed by atoms with Crippen molar-refractivity contribution in [3.05, 3.63) is 59.7 Å². The number of nitrogens with one attached hydrogen (secondary N) is 1. The molecule has 120 valence electrons. The van der Waals surface area contributed by atoms with Gasteiger partial charge in [0.15, 0.2) is 0 Å². The first-order valence-electron chi connectivity index (χ1n) is 6.62. The highest BCUT2D eigenvalue weighted by Gasteiger charge is 2.12. The Morgan fingerprint density at radius 3 is 2.57 bits per heavy atom. The van der Waals surface area contributed by atoms with Gasteiger partial charge in [-0.3, -0.25) is 4.79 Å². The van der Waals surface area contributed by atoms with Gasteiger partial charge in [0.05, 0.1) is 11.9 Å². The standard InChI is InChI=1S/C16H14F2N2O2S/c1-22-19-10-11-6-8-12(9-7-11)15(21)20-13-4-2-3-5-14(13)23-16(17)18/h2-10,16H,1H3,(H,20,21)/b19-10+. The monoisotopic (exact) mass is 336 g/mol. The summed E-state index contributed by atoms with van der Waals surface area (Å²) < 4.78 is 25.1. The number of rotatable bonds is 6. The average Bonchev–Trinajstić information content (AvgIpc) is 2.54. The number of oxime groups is 1. The van der Waals surface area contributed by atoms with Crippen LogP contribution in [0, 0.1) is 0 Å². The van der Waals surface area contributed by atoms with E-state index in [4.69, 9.17) is 0 Å². The SMILES string of the molecule is CO/N=C/c1ccc(C(=O)Nc2ccccc2SC(F)F)cc1. The first-order valence-corrected chi connectivity index (χ1v) is 7.50. The average molecular weight is 336 g/mol.